The van der Waals surface area contributed by atoms with Crippen LogP contribution in [0.5, 0.6) is 0 Å². The van der Waals surface area contributed by atoms with Crippen molar-refractivity contribution >= 4 is 0 Å². The van der Waals surface area contributed by atoms with Gasteiger partial charge in [-0.25, -0.2) is 11.6 Å². The van der Waals surface area contributed by atoms with E-state index in [0.29, 0.717) is 0 Å². The molecule has 1 aromatic rings. The average Bonchev–Trinajstić information content (AvgIpc) is 2.07. The number of nitrogens with zero attached hydrogens (tertiary/aromatic N) is 1. The molecule has 0 aliphatic heterocycles. The molecule has 14 heavy (non-hydrogen) atoms. The van der Waals surface area contributed by atoms with Crippen LogP contribution in [0.4, 0.5) is 0 Å². The van der Waals surface area contributed by atoms with Crippen molar-refractivity contribution in [2.45, 2.75) is 40.7 Å². The van der Waals surface area contributed by atoms with Crippen LogP contribution in [0.3, 0.4) is 0 Å². The number of hydrogen-bond acceptors (Lipinski definition) is 1. The largest absolute Gasteiger partial charge is 0.346 e. The summed E-state index contributed by atoms with van der Waals surface area (Å²) in [6.07, 6.45) is 1.71. The van der Waals surface area contributed by atoms with Crippen molar-refractivity contribution in [2.75, 3.05) is 0 Å². The zero-order chi connectivity index (χ0) is 10.4. The molecule has 0 spiro atoms. The van der Waals surface area contributed by atoms with Crippen LogP contribution < -0.4 is 5.56 Å². The molecule has 0 unspecified atom stereocenters. The van der Waals surface area contributed by atoms with Crippen LogP contribution in [0, 0.1) is 13.0 Å². The van der Waals surface area contributed by atoms with Gasteiger partial charge in [-0.1, -0.05) is 27.0 Å². The summed E-state index contributed by atoms with van der Waals surface area (Å²) < 4.78 is 1.66. The predicted octanol–water partition coefficient (Wildman–Crippen LogP) is 2.56. The van der Waals surface area contributed by atoms with E-state index in [9.17, 15) is 4.79 Å². The van der Waals surface area contributed by atoms with Gasteiger partial charge in [0.25, 0.3) is 0 Å². The van der Waals surface area contributed by atoms with Crippen molar-refractivity contribution in [1.82, 2.24) is 4.57 Å². The molecule has 0 aliphatic rings. The second-order valence-corrected chi connectivity index (χ2v) is 2.94. The molecule has 0 saturated heterocycles. The minimum atomic E-state index is 0. The van der Waals surface area contributed by atoms with Gasteiger partial charge in [-0.2, -0.15) is 0 Å². The molecule has 1 aromatic heterocycles. The number of hydrogen-bond donors (Lipinski definition) is 0. The van der Waals surface area contributed by atoms with Crippen LogP contribution in [-0.4, -0.2) is 4.57 Å². The fraction of sp³-hybridized carbons (Fsp3) is 0.545. The minimum absolute atomic E-state index is 0. The van der Waals surface area contributed by atoms with E-state index in [0.717, 1.165) is 5.56 Å². The fourth-order valence-corrected chi connectivity index (χ4v) is 0.940. The quantitative estimate of drug-likeness (QED) is 0.718. The first-order valence-corrected chi connectivity index (χ1v) is 4.71. The molecule has 0 saturated carbocycles. The van der Waals surface area contributed by atoms with Gasteiger partial charge in [-0.05, 0) is 13.8 Å². The van der Waals surface area contributed by atoms with E-state index in [1.54, 1.807) is 16.8 Å². The van der Waals surface area contributed by atoms with E-state index < -0.39 is 0 Å². The van der Waals surface area contributed by atoms with E-state index in [4.69, 9.17) is 0 Å². The summed E-state index contributed by atoms with van der Waals surface area (Å²) in [5, 5.41) is 0. The molecule has 2 nitrogen and oxygen atoms in total. The summed E-state index contributed by atoms with van der Waals surface area (Å²) in [5.41, 5.74) is 0.947. The van der Waals surface area contributed by atoms with Crippen LogP contribution >= 0.6 is 0 Å². The van der Waals surface area contributed by atoms with Crippen LogP contribution in [0.15, 0.2) is 17.1 Å². The van der Waals surface area contributed by atoms with Gasteiger partial charge in [0.2, 0.25) is 0 Å². The molecule has 1 radical (unpaired) electrons. The Morgan fingerprint density at radius 2 is 1.86 bits per heavy atom. The van der Waals surface area contributed by atoms with Gasteiger partial charge in [-0.15, -0.1) is 6.07 Å². The maximum absolute atomic E-state index is 11.2. The summed E-state index contributed by atoms with van der Waals surface area (Å²) in [5.74, 6) is 0. The fourth-order valence-electron chi connectivity index (χ4n) is 0.940. The monoisotopic (exact) mass is 269 g/mol. The molecule has 0 bridgehead atoms. The first kappa shape index (κ1) is 16.5. The number of pyridine rings is 1. The molecule has 1 heterocycles. The topological polar surface area (TPSA) is 22.0 Å². The Kier molecular flexibility index (Phi) is 9.85. The van der Waals surface area contributed by atoms with E-state index in [1.807, 2.05) is 34.6 Å². The van der Waals surface area contributed by atoms with Gasteiger partial charge in [-0.3, -0.25) is 4.79 Å². The molecule has 0 fully saturated rings. The van der Waals surface area contributed by atoms with Crippen molar-refractivity contribution in [3.8, 4) is 0 Å². The molecule has 0 N–H and O–H groups in total. The first-order valence-electron chi connectivity index (χ1n) is 4.71. The normalized spacial score (nSPS) is 8.71. The standard InChI is InChI=1S/C9H12NO.C2H6.Y/c1-7(2)10-5-4-8(3)6-9(10)11;1-2;/h5-7H,1-3H3;1-2H3;/q-1;;. The third kappa shape index (κ3) is 5.06. The second kappa shape index (κ2) is 8.37. The maximum Gasteiger partial charge on any atom is 0.168 e. The smallest absolute Gasteiger partial charge is 0.168 e. The van der Waals surface area contributed by atoms with Gasteiger partial charge in [0.1, 0.15) is 0 Å². The Hall–Kier alpha value is 0.0539. The second-order valence-electron chi connectivity index (χ2n) is 2.94. The van der Waals surface area contributed by atoms with Crippen molar-refractivity contribution in [1.29, 1.82) is 0 Å². The Morgan fingerprint density at radius 1 is 1.36 bits per heavy atom. The minimum Gasteiger partial charge on any atom is -0.346 e. The Bertz CT molecular complexity index is 304. The molecule has 0 aromatic carbocycles. The molecule has 77 valence electrons. The third-order valence-corrected chi connectivity index (χ3v) is 1.58. The van der Waals surface area contributed by atoms with Crippen molar-refractivity contribution < 1.29 is 32.7 Å². The van der Waals surface area contributed by atoms with E-state index in [1.165, 1.54) is 0 Å². The van der Waals surface area contributed by atoms with E-state index in [2.05, 4.69) is 6.07 Å². The number of aromatic nitrogens is 1. The Morgan fingerprint density at radius 3 is 2.21 bits per heavy atom. The SMILES string of the molecule is CC.Cc1[c-]cn(C(C)C)c(=O)c1.[Y]. The summed E-state index contributed by atoms with van der Waals surface area (Å²) in [6.45, 7) is 9.82. The van der Waals surface area contributed by atoms with Crippen LogP contribution in [-0.2, 0) is 32.7 Å². The van der Waals surface area contributed by atoms with Crippen LogP contribution in [0.1, 0.15) is 39.3 Å². The summed E-state index contributed by atoms with van der Waals surface area (Å²) in [7, 11) is 0. The molecular formula is C11H18NOY-. The Labute approximate surface area is 112 Å². The van der Waals surface area contributed by atoms with E-state index in [-0.39, 0.29) is 44.3 Å². The van der Waals surface area contributed by atoms with Crippen LogP contribution in [0.2, 0.25) is 0 Å². The third-order valence-electron chi connectivity index (χ3n) is 1.58. The molecule has 0 atom stereocenters. The first-order chi connectivity index (χ1) is 6.11. The molecule has 3 heteroatoms. The molecule has 0 aliphatic carbocycles. The van der Waals surface area contributed by atoms with Gasteiger partial charge < -0.3 is 4.57 Å². The number of aryl methyl sites for hydroxylation is 1. The molecular weight excluding hydrogens is 251 g/mol. The van der Waals surface area contributed by atoms with E-state index >= 15 is 0 Å². The zero-order valence-corrected chi connectivity index (χ0v) is 12.5. The Balaban J connectivity index is 0. The van der Waals surface area contributed by atoms with Crippen molar-refractivity contribution in [3.05, 3.63) is 34.2 Å². The summed E-state index contributed by atoms with van der Waals surface area (Å²) in [4.78, 5) is 11.2. The number of rotatable bonds is 1. The average molecular weight is 269 g/mol. The van der Waals surface area contributed by atoms with Gasteiger partial charge in [0.05, 0.1) is 0 Å². The van der Waals surface area contributed by atoms with Gasteiger partial charge >= 0.3 is 0 Å². The molecule has 0 amide bonds. The van der Waals surface area contributed by atoms with Crippen molar-refractivity contribution in [3.63, 3.8) is 0 Å². The maximum atomic E-state index is 11.2. The summed E-state index contributed by atoms with van der Waals surface area (Å²) in [6, 6.07) is 4.80. The predicted molar refractivity (Wildman–Crippen MR) is 56.0 cm³/mol. The molecule has 1 rings (SSSR count). The van der Waals surface area contributed by atoms with Crippen molar-refractivity contribution in [2.24, 2.45) is 0 Å². The van der Waals surface area contributed by atoms with Gasteiger partial charge in [0, 0.05) is 38.8 Å². The summed E-state index contributed by atoms with van der Waals surface area (Å²) >= 11 is 0. The van der Waals surface area contributed by atoms with Crippen LogP contribution in [0.25, 0.3) is 0 Å². The van der Waals surface area contributed by atoms with Gasteiger partial charge in [0.15, 0.2) is 5.56 Å². The zero-order valence-electron chi connectivity index (χ0n) is 9.66.